The van der Waals surface area contributed by atoms with E-state index < -0.39 is 0 Å². The van der Waals surface area contributed by atoms with Gasteiger partial charge in [-0.05, 0) is 63.1 Å². The zero-order valence-corrected chi connectivity index (χ0v) is 19.4. The topological polar surface area (TPSA) is 108 Å². The number of benzene rings is 2. The van der Waals surface area contributed by atoms with Crippen molar-refractivity contribution in [3.63, 3.8) is 0 Å². The van der Waals surface area contributed by atoms with E-state index in [1.165, 1.54) is 11.4 Å². The molecule has 0 aliphatic heterocycles. The molecule has 2 aromatic carbocycles. The van der Waals surface area contributed by atoms with E-state index in [-0.39, 0.29) is 11.7 Å². The summed E-state index contributed by atoms with van der Waals surface area (Å²) in [4.78, 5) is 4.54. The Morgan fingerprint density at radius 3 is 1.22 bits per heavy atom. The minimum atomic E-state index is 0.00930. The van der Waals surface area contributed by atoms with Gasteiger partial charge in [0.1, 0.15) is 0 Å². The predicted octanol–water partition coefficient (Wildman–Crippen LogP) is 3.46. The van der Waals surface area contributed by atoms with E-state index in [1.54, 1.807) is 12.4 Å². The van der Waals surface area contributed by atoms with Gasteiger partial charge < -0.3 is 21.3 Å². The second kappa shape index (κ2) is 12.9. The number of hydrogen-bond acceptors (Lipinski definition) is 6. The minimum absolute atomic E-state index is 0.00930. The van der Waals surface area contributed by atoms with E-state index in [1.807, 2.05) is 24.3 Å². The van der Waals surface area contributed by atoms with Crippen LogP contribution in [0.2, 0.25) is 0 Å². The predicted molar refractivity (Wildman–Crippen MR) is 138 cm³/mol. The van der Waals surface area contributed by atoms with E-state index in [4.69, 9.17) is 11.5 Å². The summed E-state index contributed by atoms with van der Waals surface area (Å²) in [7, 11) is 0. The number of hydrogen-bond donors (Lipinski definition) is 2. The van der Waals surface area contributed by atoms with Gasteiger partial charge in [0.25, 0.3) is 0 Å². The van der Waals surface area contributed by atoms with Crippen LogP contribution in [0.15, 0.2) is 68.9 Å². The maximum absolute atomic E-state index is 5.84. The number of anilines is 2. The Balaban J connectivity index is 1.96. The Labute approximate surface area is 191 Å². The Bertz CT molecular complexity index is 855. The second-order valence-electron chi connectivity index (χ2n) is 6.99. The van der Waals surface area contributed by atoms with Crippen molar-refractivity contribution in [2.75, 3.05) is 36.0 Å². The first-order chi connectivity index (χ1) is 15.5. The highest BCUT2D eigenvalue weighted by Gasteiger charge is 2.02. The number of nitrogens with two attached hydrogens (primary N) is 2. The lowest BCUT2D eigenvalue weighted by molar-refractivity contribution is 0.866. The smallest absolute Gasteiger partial charge is 0.190 e. The van der Waals surface area contributed by atoms with Crippen LogP contribution in [0.3, 0.4) is 0 Å². The molecule has 0 spiro atoms. The lowest BCUT2D eigenvalue weighted by Gasteiger charge is -2.20. The number of amidine groups is 2. The third-order valence-corrected chi connectivity index (χ3v) is 5.05. The van der Waals surface area contributed by atoms with Gasteiger partial charge in [0.2, 0.25) is 0 Å². The van der Waals surface area contributed by atoms with Crippen molar-refractivity contribution >= 4 is 35.5 Å². The molecule has 0 saturated heterocycles. The molecule has 0 unspecified atom stereocenters. The molecule has 0 aliphatic carbocycles. The van der Waals surface area contributed by atoms with Gasteiger partial charge in [0.05, 0.1) is 12.4 Å². The van der Waals surface area contributed by atoms with E-state index in [9.17, 15) is 0 Å². The van der Waals surface area contributed by atoms with Gasteiger partial charge in [0, 0.05) is 37.6 Å². The molecule has 32 heavy (non-hydrogen) atoms. The van der Waals surface area contributed by atoms with Gasteiger partial charge in [-0.3, -0.25) is 0 Å². The molecule has 170 valence electrons. The van der Waals surface area contributed by atoms with Crippen molar-refractivity contribution in [2.45, 2.75) is 27.7 Å². The third kappa shape index (κ3) is 7.23. The fourth-order valence-corrected chi connectivity index (χ4v) is 3.14. The van der Waals surface area contributed by atoms with Crippen LogP contribution in [0.4, 0.5) is 11.4 Å². The highest BCUT2D eigenvalue weighted by Crippen LogP contribution is 2.15. The van der Waals surface area contributed by atoms with Crippen LogP contribution in [0.25, 0.3) is 0 Å². The van der Waals surface area contributed by atoms with E-state index >= 15 is 0 Å². The van der Waals surface area contributed by atoms with E-state index in [0.717, 1.165) is 37.3 Å². The molecular formula is C24H34N8. The van der Waals surface area contributed by atoms with Crippen molar-refractivity contribution in [1.82, 2.24) is 0 Å². The fraction of sp³-hybridized carbons (Fsp3) is 0.333. The highest BCUT2D eigenvalue weighted by atomic mass is 15.3. The fourth-order valence-electron chi connectivity index (χ4n) is 3.14. The SMILES string of the molecule is CCN(CC)c1ccc(C=N\N=C(N)/C(N)=N/N=C\c2ccc(N(CC)CC)cc2)cc1. The van der Waals surface area contributed by atoms with Crippen LogP contribution in [-0.2, 0) is 0 Å². The Morgan fingerprint density at radius 1 is 0.625 bits per heavy atom. The Hall–Kier alpha value is -3.68. The summed E-state index contributed by atoms with van der Waals surface area (Å²) in [6.07, 6.45) is 3.24. The summed E-state index contributed by atoms with van der Waals surface area (Å²) in [5.41, 5.74) is 15.9. The number of rotatable bonds is 10. The van der Waals surface area contributed by atoms with Crippen LogP contribution < -0.4 is 21.3 Å². The van der Waals surface area contributed by atoms with Crippen molar-refractivity contribution in [3.05, 3.63) is 59.7 Å². The van der Waals surface area contributed by atoms with E-state index in [2.05, 4.69) is 82.2 Å². The summed E-state index contributed by atoms with van der Waals surface area (Å²) in [5, 5.41) is 15.8. The van der Waals surface area contributed by atoms with Gasteiger partial charge in [-0.1, -0.05) is 24.3 Å². The standard InChI is InChI=1S/C24H34N8/c1-5-31(6-2)21-13-9-19(10-14-21)17-27-29-23(25)24(26)30-28-18-20-11-15-22(16-12-20)32(7-3)8-4/h9-18H,5-8H2,1-4H3,(H2,25,29)(H2,26,30)/b27-17-,28-18?. The van der Waals surface area contributed by atoms with Crippen LogP contribution in [-0.4, -0.2) is 50.3 Å². The summed E-state index contributed by atoms with van der Waals surface area (Å²) >= 11 is 0. The van der Waals surface area contributed by atoms with Gasteiger partial charge in [-0.15, -0.1) is 10.2 Å². The monoisotopic (exact) mass is 434 g/mol. The molecule has 0 saturated carbocycles. The molecular weight excluding hydrogens is 400 g/mol. The summed E-state index contributed by atoms with van der Waals surface area (Å²) in [6, 6.07) is 16.2. The van der Waals surface area contributed by atoms with Crippen LogP contribution >= 0.6 is 0 Å². The van der Waals surface area contributed by atoms with Crippen molar-refractivity contribution in [3.8, 4) is 0 Å². The van der Waals surface area contributed by atoms with Crippen LogP contribution in [0.5, 0.6) is 0 Å². The highest BCUT2D eigenvalue weighted by molar-refractivity contribution is 6.39. The quantitative estimate of drug-likeness (QED) is 0.339. The molecule has 4 N–H and O–H groups in total. The second-order valence-corrected chi connectivity index (χ2v) is 6.99. The molecule has 0 aliphatic rings. The zero-order chi connectivity index (χ0) is 23.3. The Kier molecular flexibility index (Phi) is 9.90. The van der Waals surface area contributed by atoms with E-state index in [0.29, 0.717) is 0 Å². The molecule has 8 heteroatoms. The van der Waals surface area contributed by atoms with Crippen LogP contribution in [0.1, 0.15) is 38.8 Å². The summed E-state index contributed by atoms with van der Waals surface area (Å²) in [6.45, 7) is 12.4. The molecule has 0 heterocycles. The van der Waals surface area contributed by atoms with Crippen molar-refractivity contribution < 1.29 is 0 Å². The number of nitrogens with zero attached hydrogens (tertiary/aromatic N) is 6. The molecule has 2 rings (SSSR count). The normalized spacial score (nSPS) is 12.6. The maximum atomic E-state index is 5.84. The average molecular weight is 435 g/mol. The molecule has 0 radical (unpaired) electrons. The summed E-state index contributed by atoms with van der Waals surface area (Å²) in [5.74, 6) is 0.0186. The van der Waals surface area contributed by atoms with Gasteiger partial charge in [-0.25, -0.2) is 0 Å². The molecule has 0 fully saturated rings. The van der Waals surface area contributed by atoms with Crippen molar-refractivity contribution in [1.29, 1.82) is 0 Å². The Morgan fingerprint density at radius 2 is 0.938 bits per heavy atom. The van der Waals surface area contributed by atoms with Gasteiger partial charge in [0.15, 0.2) is 11.7 Å². The van der Waals surface area contributed by atoms with Crippen LogP contribution in [0, 0.1) is 0 Å². The zero-order valence-electron chi connectivity index (χ0n) is 19.4. The van der Waals surface area contributed by atoms with Crippen molar-refractivity contribution in [2.24, 2.45) is 31.9 Å². The molecule has 2 aromatic rings. The molecule has 0 atom stereocenters. The first-order valence-corrected chi connectivity index (χ1v) is 11.0. The molecule has 8 nitrogen and oxygen atoms in total. The lowest BCUT2D eigenvalue weighted by atomic mass is 10.2. The lowest BCUT2D eigenvalue weighted by Crippen LogP contribution is -2.30. The van der Waals surface area contributed by atoms with Gasteiger partial charge in [-0.2, -0.15) is 10.2 Å². The molecule has 0 amide bonds. The molecule has 0 bridgehead atoms. The van der Waals surface area contributed by atoms with Gasteiger partial charge >= 0.3 is 0 Å². The maximum Gasteiger partial charge on any atom is 0.190 e. The first kappa shape index (κ1) is 24.6. The molecule has 0 aromatic heterocycles. The minimum Gasteiger partial charge on any atom is -0.379 e. The average Bonchev–Trinajstić information content (AvgIpc) is 2.82. The summed E-state index contributed by atoms with van der Waals surface area (Å²) < 4.78 is 0. The third-order valence-electron chi connectivity index (χ3n) is 5.05. The largest absolute Gasteiger partial charge is 0.379 e. The first-order valence-electron chi connectivity index (χ1n) is 11.0.